The summed E-state index contributed by atoms with van der Waals surface area (Å²) in [6.07, 6.45) is 0. The van der Waals surface area contributed by atoms with Crippen molar-refractivity contribution in [2.45, 2.75) is 6.92 Å². The van der Waals surface area contributed by atoms with Gasteiger partial charge in [0, 0.05) is 4.47 Å². The summed E-state index contributed by atoms with van der Waals surface area (Å²) in [5.74, 6) is 0.359. The number of hydrazone groups is 1. The molecular formula is C13H9BrCl3N3. The van der Waals surface area contributed by atoms with E-state index >= 15 is 0 Å². The van der Waals surface area contributed by atoms with Gasteiger partial charge in [-0.1, -0.05) is 62.9 Å². The van der Waals surface area contributed by atoms with Gasteiger partial charge in [-0.3, -0.25) is 5.43 Å². The fraction of sp³-hybridized carbons (Fsp3) is 0.0769. The lowest BCUT2D eigenvalue weighted by molar-refractivity contribution is 1.22. The van der Waals surface area contributed by atoms with Crippen molar-refractivity contribution in [3.8, 4) is 0 Å². The highest BCUT2D eigenvalue weighted by Crippen LogP contribution is 2.28. The van der Waals surface area contributed by atoms with Crippen LogP contribution in [-0.4, -0.2) is 10.7 Å². The number of pyridine rings is 1. The van der Waals surface area contributed by atoms with Gasteiger partial charge in [-0.25, -0.2) is 4.98 Å². The van der Waals surface area contributed by atoms with Crippen LogP contribution >= 0.6 is 50.7 Å². The Kier molecular flexibility index (Phi) is 5.27. The summed E-state index contributed by atoms with van der Waals surface area (Å²) in [6.45, 7) is 1.88. The minimum atomic E-state index is 0.176. The lowest BCUT2D eigenvalue weighted by Crippen LogP contribution is -2.01. The van der Waals surface area contributed by atoms with Crippen molar-refractivity contribution >= 4 is 62.3 Å². The smallest absolute Gasteiger partial charge is 0.166 e. The Bertz CT molecular complexity index is 657. The van der Waals surface area contributed by atoms with E-state index < -0.39 is 0 Å². The predicted molar refractivity (Wildman–Crippen MR) is 89.2 cm³/mol. The highest BCUT2D eigenvalue weighted by atomic mass is 79.9. The lowest BCUT2D eigenvalue weighted by Gasteiger charge is -2.06. The first-order valence-corrected chi connectivity index (χ1v) is 7.48. The van der Waals surface area contributed by atoms with E-state index in [2.05, 4.69) is 31.4 Å². The average molecular weight is 393 g/mol. The molecule has 7 heteroatoms. The zero-order chi connectivity index (χ0) is 14.7. The molecule has 0 fully saturated rings. The quantitative estimate of drug-likeness (QED) is 0.416. The summed E-state index contributed by atoms with van der Waals surface area (Å²) in [6, 6.07) is 9.31. The van der Waals surface area contributed by atoms with Crippen LogP contribution in [0.3, 0.4) is 0 Å². The van der Waals surface area contributed by atoms with Gasteiger partial charge < -0.3 is 0 Å². The molecule has 1 aromatic carbocycles. The maximum absolute atomic E-state index is 6.01. The highest BCUT2D eigenvalue weighted by Gasteiger charge is 2.07. The molecule has 2 aromatic rings. The Morgan fingerprint density at radius 2 is 1.80 bits per heavy atom. The number of aromatic nitrogens is 1. The largest absolute Gasteiger partial charge is 0.260 e. The molecule has 0 aliphatic heterocycles. The fourth-order valence-electron chi connectivity index (χ4n) is 1.41. The monoisotopic (exact) mass is 391 g/mol. The van der Waals surface area contributed by atoms with Gasteiger partial charge >= 0.3 is 0 Å². The Balaban J connectivity index is 2.20. The van der Waals surface area contributed by atoms with Crippen LogP contribution in [0.25, 0.3) is 0 Å². The van der Waals surface area contributed by atoms with Crippen LogP contribution in [0, 0.1) is 0 Å². The summed E-state index contributed by atoms with van der Waals surface area (Å²) in [5, 5.41) is 5.06. The Morgan fingerprint density at radius 3 is 2.45 bits per heavy atom. The van der Waals surface area contributed by atoms with Crippen LogP contribution in [0.5, 0.6) is 0 Å². The number of halogens is 4. The number of hydrogen-bond acceptors (Lipinski definition) is 3. The summed E-state index contributed by atoms with van der Waals surface area (Å²) >= 11 is 21.0. The van der Waals surface area contributed by atoms with E-state index in [4.69, 9.17) is 34.8 Å². The maximum atomic E-state index is 6.01. The molecule has 0 saturated carbocycles. The molecule has 1 N–H and O–H groups in total. The second-order valence-electron chi connectivity index (χ2n) is 3.91. The van der Waals surface area contributed by atoms with E-state index in [9.17, 15) is 0 Å². The lowest BCUT2D eigenvalue weighted by atomic mass is 10.1. The van der Waals surface area contributed by atoms with E-state index in [1.807, 2.05) is 31.2 Å². The number of anilines is 1. The van der Waals surface area contributed by atoms with E-state index in [1.165, 1.54) is 6.07 Å². The van der Waals surface area contributed by atoms with Crippen molar-refractivity contribution in [1.29, 1.82) is 0 Å². The normalized spacial score (nSPS) is 11.6. The third-order valence-electron chi connectivity index (χ3n) is 2.48. The third-order valence-corrected chi connectivity index (χ3v) is 3.97. The van der Waals surface area contributed by atoms with Crippen LogP contribution in [-0.2, 0) is 0 Å². The highest BCUT2D eigenvalue weighted by molar-refractivity contribution is 9.10. The molecule has 0 aliphatic carbocycles. The van der Waals surface area contributed by atoms with Crippen LogP contribution in [0.4, 0.5) is 5.82 Å². The van der Waals surface area contributed by atoms with Crippen LogP contribution in [0.1, 0.15) is 12.5 Å². The van der Waals surface area contributed by atoms with Gasteiger partial charge in [-0.05, 0) is 30.7 Å². The Labute approximate surface area is 140 Å². The Morgan fingerprint density at radius 1 is 1.15 bits per heavy atom. The van der Waals surface area contributed by atoms with Gasteiger partial charge in [0.15, 0.2) is 5.82 Å². The molecule has 0 bridgehead atoms. The number of benzene rings is 1. The van der Waals surface area contributed by atoms with Gasteiger partial charge in [0.05, 0.1) is 15.8 Å². The number of rotatable bonds is 3. The molecule has 104 valence electrons. The second kappa shape index (κ2) is 6.76. The molecule has 1 heterocycles. The van der Waals surface area contributed by atoms with Crippen molar-refractivity contribution in [2.24, 2.45) is 5.10 Å². The Hall–Kier alpha value is -0.810. The topological polar surface area (TPSA) is 37.3 Å². The van der Waals surface area contributed by atoms with Crippen molar-refractivity contribution < 1.29 is 0 Å². The first kappa shape index (κ1) is 15.6. The van der Waals surface area contributed by atoms with Crippen LogP contribution in [0.2, 0.25) is 15.2 Å². The van der Waals surface area contributed by atoms with Gasteiger partial charge in [-0.15, -0.1) is 0 Å². The van der Waals surface area contributed by atoms with Gasteiger partial charge in [0.1, 0.15) is 5.15 Å². The van der Waals surface area contributed by atoms with Crippen molar-refractivity contribution in [1.82, 2.24) is 4.98 Å². The van der Waals surface area contributed by atoms with Gasteiger partial charge in [0.2, 0.25) is 0 Å². The van der Waals surface area contributed by atoms with E-state index in [-0.39, 0.29) is 5.15 Å². The van der Waals surface area contributed by atoms with Crippen LogP contribution < -0.4 is 5.43 Å². The molecule has 0 saturated heterocycles. The molecular weight excluding hydrogens is 384 g/mol. The van der Waals surface area contributed by atoms with E-state index in [0.29, 0.717) is 15.9 Å². The molecule has 0 spiro atoms. The summed E-state index contributed by atoms with van der Waals surface area (Å²) < 4.78 is 1.01. The molecule has 0 atom stereocenters. The maximum Gasteiger partial charge on any atom is 0.166 e. The fourth-order valence-corrected chi connectivity index (χ4v) is 2.22. The average Bonchev–Trinajstić information content (AvgIpc) is 2.42. The van der Waals surface area contributed by atoms with Crippen molar-refractivity contribution in [3.63, 3.8) is 0 Å². The molecule has 0 amide bonds. The summed E-state index contributed by atoms with van der Waals surface area (Å²) in [7, 11) is 0. The van der Waals surface area contributed by atoms with Gasteiger partial charge in [-0.2, -0.15) is 5.10 Å². The number of hydrogen-bond donors (Lipinski definition) is 1. The standard InChI is InChI=1S/C13H9BrCl3N3/c1-7(8-2-4-9(14)5-3-8)19-20-13-11(16)6-10(15)12(17)18-13/h2-6H,1H3,(H,18,20). The SMILES string of the molecule is CC(=NNc1nc(Cl)c(Cl)cc1Cl)c1ccc(Br)cc1. The van der Waals surface area contributed by atoms with Crippen molar-refractivity contribution in [3.05, 3.63) is 55.6 Å². The molecule has 0 radical (unpaired) electrons. The van der Waals surface area contributed by atoms with E-state index in [0.717, 1.165) is 15.7 Å². The molecule has 20 heavy (non-hydrogen) atoms. The first-order chi connectivity index (χ1) is 9.47. The third kappa shape index (κ3) is 3.85. The van der Waals surface area contributed by atoms with Gasteiger partial charge in [0.25, 0.3) is 0 Å². The predicted octanol–water partition coefficient (Wildman–Crippen LogP) is 5.64. The van der Waals surface area contributed by atoms with Crippen LogP contribution in [0.15, 0.2) is 39.9 Å². The zero-order valence-corrected chi connectivity index (χ0v) is 14.1. The molecule has 3 nitrogen and oxygen atoms in total. The van der Waals surface area contributed by atoms with E-state index in [1.54, 1.807) is 0 Å². The zero-order valence-electron chi connectivity index (χ0n) is 10.3. The minimum Gasteiger partial charge on any atom is -0.260 e. The molecule has 1 aromatic heterocycles. The minimum absolute atomic E-state index is 0.176. The number of nitrogens with zero attached hydrogens (tertiary/aromatic N) is 2. The molecule has 0 aliphatic rings. The first-order valence-electron chi connectivity index (χ1n) is 5.55. The van der Waals surface area contributed by atoms with Crippen molar-refractivity contribution in [2.75, 3.05) is 5.43 Å². The molecule has 0 unspecified atom stereocenters. The number of nitrogens with one attached hydrogen (secondary N) is 1. The summed E-state index contributed by atoms with van der Waals surface area (Å²) in [4.78, 5) is 4.03. The second-order valence-corrected chi connectivity index (χ2v) is 6.00. The molecule has 2 rings (SSSR count). The summed E-state index contributed by atoms with van der Waals surface area (Å²) in [5.41, 5.74) is 4.56.